The Morgan fingerprint density at radius 1 is 1.21 bits per heavy atom. The highest BCUT2D eigenvalue weighted by Gasteiger charge is 2.30. The molecule has 6 nitrogen and oxygen atoms in total. The van der Waals surface area contributed by atoms with Crippen molar-refractivity contribution < 1.29 is 4.79 Å². The Labute approximate surface area is 137 Å². The molecular formula is C18H16N4O2. The van der Waals surface area contributed by atoms with Crippen LogP contribution in [0.25, 0.3) is 10.9 Å². The zero-order chi connectivity index (χ0) is 16.3. The first-order valence-corrected chi connectivity index (χ1v) is 8.21. The smallest absolute Gasteiger partial charge is 0.251 e. The Kier molecular flexibility index (Phi) is 2.71. The second-order valence-corrected chi connectivity index (χ2v) is 6.51. The van der Waals surface area contributed by atoms with E-state index in [0.717, 1.165) is 41.4 Å². The van der Waals surface area contributed by atoms with Gasteiger partial charge in [-0.05, 0) is 24.0 Å². The minimum absolute atomic E-state index is 0.0145. The fraction of sp³-hybridized carbons (Fsp3) is 0.278. The average molecular weight is 320 g/mol. The summed E-state index contributed by atoms with van der Waals surface area (Å²) in [5.74, 6) is 0.432. The highest BCUT2D eigenvalue weighted by molar-refractivity contribution is 5.96. The molecule has 0 saturated heterocycles. The Balaban J connectivity index is 1.83. The van der Waals surface area contributed by atoms with Crippen LogP contribution in [0.5, 0.6) is 0 Å². The van der Waals surface area contributed by atoms with E-state index in [2.05, 4.69) is 27.6 Å². The number of aromatic nitrogens is 3. The van der Waals surface area contributed by atoms with Gasteiger partial charge in [0.2, 0.25) is 5.91 Å². The largest absolute Gasteiger partial charge is 0.311 e. The number of carbonyl (C=O) groups is 1. The normalized spacial score (nSPS) is 19.2. The van der Waals surface area contributed by atoms with E-state index >= 15 is 0 Å². The first kappa shape index (κ1) is 13.5. The Hall–Kier alpha value is -2.89. The molecule has 0 saturated carbocycles. The Morgan fingerprint density at radius 2 is 2.12 bits per heavy atom. The number of nitrogens with one attached hydrogen (secondary N) is 2. The lowest BCUT2D eigenvalue weighted by atomic mass is 9.84. The zero-order valence-corrected chi connectivity index (χ0v) is 13.0. The van der Waals surface area contributed by atoms with E-state index in [1.165, 1.54) is 5.56 Å². The standard InChI is InChI=1S/C18H16N4O2/c23-15-7-12(14-9-19-21-18(14)20-15)13-8-16(24)22-6-2-4-10-3-1-5-11(13)17(10)22/h1,3,5,8-9,12H,2,4,6-7H2,(H2,19,20,21,23)/t12-/m1/s1. The van der Waals surface area contributed by atoms with Gasteiger partial charge in [0.1, 0.15) is 5.82 Å². The van der Waals surface area contributed by atoms with E-state index in [1.807, 2.05) is 10.6 Å². The van der Waals surface area contributed by atoms with Crippen LogP contribution in [-0.2, 0) is 17.8 Å². The molecule has 6 heteroatoms. The number of anilines is 1. The maximum absolute atomic E-state index is 12.7. The van der Waals surface area contributed by atoms with Crippen LogP contribution in [0.3, 0.4) is 0 Å². The number of hydrogen-bond acceptors (Lipinski definition) is 3. The average Bonchev–Trinajstić information content (AvgIpc) is 3.05. The molecule has 0 bridgehead atoms. The third-order valence-electron chi connectivity index (χ3n) is 5.15. The van der Waals surface area contributed by atoms with Gasteiger partial charge in [-0.15, -0.1) is 0 Å². The number of carbonyl (C=O) groups excluding carboxylic acids is 1. The van der Waals surface area contributed by atoms with E-state index in [1.54, 1.807) is 12.3 Å². The zero-order valence-electron chi connectivity index (χ0n) is 13.0. The van der Waals surface area contributed by atoms with Crippen molar-refractivity contribution in [3.63, 3.8) is 0 Å². The van der Waals surface area contributed by atoms with Gasteiger partial charge < -0.3 is 9.88 Å². The molecule has 2 aliphatic rings. The van der Waals surface area contributed by atoms with Gasteiger partial charge in [0.05, 0.1) is 11.7 Å². The molecule has 2 aliphatic heterocycles. The number of rotatable bonds is 1. The van der Waals surface area contributed by atoms with Gasteiger partial charge in [-0.1, -0.05) is 18.2 Å². The van der Waals surface area contributed by atoms with Crippen LogP contribution in [0.15, 0.2) is 35.3 Å². The predicted molar refractivity (Wildman–Crippen MR) is 90.2 cm³/mol. The number of aromatic amines is 1. The first-order chi connectivity index (χ1) is 11.7. The molecule has 24 heavy (non-hydrogen) atoms. The minimum Gasteiger partial charge on any atom is -0.311 e. The SMILES string of the molecule is O=C1C[C@H](c2cc(=O)n3c4c(cccc24)CCC3)c2cn[nH]c2N1. The van der Waals surface area contributed by atoms with Gasteiger partial charge in [0.25, 0.3) is 5.56 Å². The number of fused-ring (bicyclic) bond motifs is 1. The molecule has 2 N–H and O–H groups in total. The minimum atomic E-state index is -0.146. The van der Waals surface area contributed by atoms with Crippen LogP contribution in [0.4, 0.5) is 5.82 Å². The number of aryl methyl sites for hydroxylation is 2. The van der Waals surface area contributed by atoms with Crippen molar-refractivity contribution in [2.24, 2.45) is 0 Å². The van der Waals surface area contributed by atoms with E-state index < -0.39 is 0 Å². The number of nitrogens with zero attached hydrogens (tertiary/aromatic N) is 2. The van der Waals surface area contributed by atoms with Crippen LogP contribution >= 0.6 is 0 Å². The topological polar surface area (TPSA) is 79.8 Å². The molecule has 0 aliphatic carbocycles. The van der Waals surface area contributed by atoms with Crippen LogP contribution in [-0.4, -0.2) is 20.7 Å². The molecule has 2 aromatic heterocycles. The monoisotopic (exact) mass is 320 g/mol. The highest BCUT2D eigenvalue weighted by atomic mass is 16.1. The Morgan fingerprint density at radius 3 is 3.04 bits per heavy atom. The summed E-state index contributed by atoms with van der Waals surface area (Å²) in [7, 11) is 0. The lowest BCUT2D eigenvalue weighted by Crippen LogP contribution is -2.28. The van der Waals surface area contributed by atoms with Crippen molar-refractivity contribution in [1.29, 1.82) is 0 Å². The molecule has 1 aromatic carbocycles. The molecule has 120 valence electrons. The molecule has 1 amide bonds. The summed E-state index contributed by atoms with van der Waals surface area (Å²) < 4.78 is 1.87. The third kappa shape index (κ3) is 1.79. The number of hydrogen-bond donors (Lipinski definition) is 2. The second-order valence-electron chi connectivity index (χ2n) is 6.51. The van der Waals surface area contributed by atoms with Crippen LogP contribution in [0.2, 0.25) is 0 Å². The molecule has 5 rings (SSSR count). The molecular weight excluding hydrogens is 304 g/mol. The van der Waals surface area contributed by atoms with E-state index in [9.17, 15) is 9.59 Å². The van der Waals surface area contributed by atoms with Gasteiger partial charge in [0, 0.05) is 35.9 Å². The molecule has 0 radical (unpaired) electrons. The van der Waals surface area contributed by atoms with Gasteiger partial charge in [0.15, 0.2) is 0 Å². The van der Waals surface area contributed by atoms with Crippen molar-refractivity contribution >= 4 is 22.6 Å². The second kappa shape index (κ2) is 4.80. The van der Waals surface area contributed by atoms with E-state index in [0.29, 0.717) is 12.2 Å². The third-order valence-corrected chi connectivity index (χ3v) is 5.15. The van der Waals surface area contributed by atoms with Gasteiger partial charge in [-0.3, -0.25) is 14.7 Å². The lowest BCUT2D eigenvalue weighted by Gasteiger charge is -2.26. The predicted octanol–water partition coefficient (Wildman–Crippen LogP) is 2.14. The van der Waals surface area contributed by atoms with Crippen molar-refractivity contribution in [1.82, 2.24) is 14.8 Å². The first-order valence-electron chi connectivity index (χ1n) is 8.21. The van der Waals surface area contributed by atoms with E-state index in [4.69, 9.17) is 0 Å². The van der Waals surface area contributed by atoms with Gasteiger partial charge in [-0.25, -0.2) is 0 Å². The van der Waals surface area contributed by atoms with E-state index in [-0.39, 0.29) is 17.4 Å². The molecule has 1 atom stereocenters. The summed E-state index contributed by atoms with van der Waals surface area (Å²) in [5, 5.41) is 10.8. The summed E-state index contributed by atoms with van der Waals surface area (Å²) in [6, 6.07) is 7.90. The number of para-hydroxylation sites is 1. The lowest BCUT2D eigenvalue weighted by molar-refractivity contribution is -0.116. The molecule has 4 heterocycles. The quantitative estimate of drug-likeness (QED) is 0.721. The molecule has 0 spiro atoms. The highest BCUT2D eigenvalue weighted by Crippen LogP contribution is 2.39. The fourth-order valence-electron chi connectivity index (χ4n) is 4.10. The van der Waals surface area contributed by atoms with Crippen LogP contribution in [0, 0.1) is 0 Å². The Bertz CT molecular complexity index is 1050. The van der Waals surface area contributed by atoms with Crippen LogP contribution in [0.1, 0.15) is 35.4 Å². The number of H-pyrrole nitrogens is 1. The molecule has 0 fully saturated rings. The van der Waals surface area contributed by atoms with Crippen molar-refractivity contribution in [3.05, 3.63) is 57.5 Å². The van der Waals surface area contributed by atoms with Gasteiger partial charge >= 0.3 is 0 Å². The summed E-state index contributed by atoms with van der Waals surface area (Å²) in [5.41, 5.74) is 4.12. The van der Waals surface area contributed by atoms with Crippen molar-refractivity contribution in [3.8, 4) is 0 Å². The van der Waals surface area contributed by atoms with Crippen molar-refractivity contribution in [2.75, 3.05) is 5.32 Å². The maximum atomic E-state index is 12.7. The molecule has 0 unspecified atom stereocenters. The number of amides is 1. The summed E-state index contributed by atoms with van der Waals surface area (Å²) in [6.07, 6.45) is 4.05. The number of pyridine rings is 1. The summed E-state index contributed by atoms with van der Waals surface area (Å²) in [6.45, 7) is 0.759. The van der Waals surface area contributed by atoms with Crippen LogP contribution < -0.4 is 10.9 Å². The summed E-state index contributed by atoms with van der Waals surface area (Å²) >= 11 is 0. The fourth-order valence-corrected chi connectivity index (χ4v) is 4.10. The van der Waals surface area contributed by atoms with Gasteiger partial charge in [-0.2, -0.15) is 5.10 Å². The summed E-state index contributed by atoms with van der Waals surface area (Å²) in [4.78, 5) is 24.8. The maximum Gasteiger partial charge on any atom is 0.251 e. The molecule has 3 aromatic rings. The van der Waals surface area contributed by atoms with Crippen molar-refractivity contribution in [2.45, 2.75) is 31.7 Å². The number of benzene rings is 1.